The van der Waals surface area contributed by atoms with Crippen molar-refractivity contribution in [2.24, 2.45) is 5.10 Å². The minimum atomic E-state index is -0.984. The first kappa shape index (κ1) is 22.3. The van der Waals surface area contributed by atoms with Crippen molar-refractivity contribution in [1.29, 1.82) is 0 Å². The second kappa shape index (κ2) is 10.1. The molecule has 1 heterocycles. The van der Waals surface area contributed by atoms with Crippen molar-refractivity contribution < 1.29 is 29.0 Å². The van der Waals surface area contributed by atoms with Gasteiger partial charge in [-0.3, -0.25) is 9.59 Å². The molecule has 0 saturated heterocycles. The summed E-state index contributed by atoms with van der Waals surface area (Å²) in [4.78, 5) is 37.7. The number of hydrazone groups is 1. The number of phenols is 1. The van der Waals surface area contributed by atoms with Gasteiger partial charge in [0.05, 0.1) is 25.5 Å². The zero-order chi connectivity index (χ0) is 22.4. The average Bonchev–Trinajstić information content (AvgIpc) is 3.13. The predicted molar refractivity (Wildman–Crippen MR) is 116 cm³/mol. The minimum Gasteiger partial charge on any atom is -0.504 e. The van der Waals surface area contributed by atoms with E-state index in [1.807, 2.05) is 0 Å². The van der Waals surface area contributed by atoms with Gasteiger partial charge in [0.25, 0.3) is 0 Å². The molecule has 0 aliphatic heterocycles. The number of phenolic OH excluding ortho intramolecular Hbond substituents is 1. The molecule has 164 valence electrons. The molecule has 1 aliphatic carbocycles. The van der Waals surface area contributed by atoms with E-state index in [0.29, 0.717) is 22.7 Å². The highest BCUT2D eigenvalue weighted by atomic mass is 32.1. The zero-order valence-corrected chi connectivity index (χ0v) is 18.0. The lowest BCUT2D eigenvalue weighted by Crippen LogP contribution is -2.32. The molecule has 9 nitrogen and oxygen atoms in total. The fraction of sp³-hybridized carbons (Fsp3) is 0.333. The Labute approximate surface area is 183 Å². The molecule has 3 rings (SSSR count). The number of nitrogens with zero attached hydrogens (tertiary/aromatic N) is 1. The number of aromatic hydroxyl groups is 1. The topological polar surface area (TPSA) is 126 Å². The average molecular weight is 445 g/mol. The number of benzene rings is 1. The minimum absolute atomic E-state index is 0.0116. The van der Waals surface area contributed by atoms with Crippen LogP contribution in [0, 0.1) is 0 Å². The van der Waals surface area contributed by atoms with Gasteiger partial charge in [-0.25, -0.2) is 10.2 Å². The Balaban J connectivity index is 1.67. The summed E-state index contributed by atoms with van der Waals surface area (Å²) in [7, 11) is 1.28. The molecule has 1 aliphatic rings. The van der Waals surface area contributed by atoms with Gasteiger partial charge >= 0.3 is 17.8 Å². The lowest BCUT2D eigenvalue weighted by Gasteiger charge is -2.11. The number of hydrogen-bond acceptors (Lipinski definition) is 8. The van der Waals surface area contributed by atoms with Gasteiger partial charge in [-0.2, -0.15) is 5.10 Å². The Hall–Kier alpha value is -3.40. The van der Waals surface area contributed by atoms with E-state index in [1.54, 1.807) is 19.1 Å². The van der Waals surface area contributed by atoms with Crippen LogP contribution in [-0.2, 0) is 27.2 Å². The predicted octanol–water partition coefficient (Wildman–Crippen LogP) is 2.61. The second-order valence-electron chi connectivity index (χ2n) is 6.72. The molecular weight excluding hydrogens is 422 g/mol. The molecule has 0 bridgehead atoms. The van der Waals surface area contributed by atoms with Crippen molar-refractivity contribution in [1.82, 2.24) is 5.43 Å². The highest BCUT2D eigenvalue weighted by Gasteiger charge is 2.28. The van der Waals surface area contributed by atoms with Gasteiger partial charge in [0.1, 0.15) is 5.00 Å². The van der Waals surface area contributed by atoms with Crippen LogP contribution in [-0.4, -0.2) is 42.8 Å². The summed E-state index contributed by atoms with van der Waals surface area (Å²) < 4.78 is 10.1. The Morgan fingerprint density at radius 2 is 2.00 bits per heavy atom. The van der Waals surface area contributed by atoms with E-state index >= 15 is 0 Å². The lowest BCUT2D eigenvalue weighted by atomic mass is 9.95. The van der Waals surface area contributed by atoms with Gasteiger partial charge in [0.15, 0.2) is 11.5 Å². The summed E-state index contributed by atoms with van der Waals surface area (Å²) in [5.74, 6) is -2.19. The van der Waals surface area contributed by atoms with Crippen LogP contribution in [0.4, 0.5) is 5.00 Å². The van der Waals surface area contributed by atoms with E-state index in [4.69, 9.17) is 9.47 Å². The van der Waals surface area contributed by atoms with Crippen molar-refractivity contribution in [3.8, 4) is 11.5 Å². The summed E-state index contributed by atoms with van der Waals surface area (Å²) >= 11 is 1.29. The first-order valence-electron chi connectivity index (χ1n) is 9.77. The molecule has 0 saturated carbocycles. The number of thiophene rings is 1. The van der Waals surface area contributed by atoms with E-state index in [1.165, 1.54) is 30.7 Å². The van der Waals surface area contributed by atoms with E-state index < -0.39 is 17.8 Å². The quantitative estimate of drug-likeness (QED) is 0.272. The summed E-state index contributed by atoms with van der Waals surface area (Å²) in [5, 5.41) is 16.3. The molecule has 1 aromatic carbocycles. The van der Waals surface area contributed by atoms with Crippen LogP contribution in [0.5, 0.6) is 11.5 Å². The van der Waals surface area contributed by atoms with E-state index in [0.717, 1.165) is 36.1 Å². The SMILES string of the molecule is CCOc1cc(C=NNC(=O)C(=O)Nc2sc3c(c2C(=O)OC)CCCC3)ccc1O. The molecular formula is C21H23N3O6S. The van der Waals surface area contributed by atoms with Crippen molar-refractivity contribution >= 4 is 40.3 Å². The molecule has 31 heavy (non-hydrogen) atoms. The van der Waals surface area contributed by atoms with Crippen LogP contribution >= 0.6 is 11.3 Å². The van der Waals surface area contributed by atoms with Crippen LogP contribution < -0.4 is 15.5 Å². The van der Waals surface area contributed by atoms with Crippen molar-refractivity contribution in [3.63, 3.8) is 0 Å². The number of ether oxygens (including phenoxy) is 2. The number of methoxy groups -OCH3 is 1. The van der Waals surface area contributed by atoms with Gasteiger partial charge < -0.3 is 19.9 Å². The summed E-state index contributed by atoms with van der Waals surface area (Å²) in [6.45, 7) is 2.17. The van der Waals surface area contributed by atoms with Gasteiger partial charge in [0.2, 0.25) is 0 Å². The third-order valence-electron chi connectivity index (χ3n) is 4.66. The van der Waals surface area contributed by atoms with Crippen molar-refractivity contribution in [2.45, 2.75) is 32.6 Å². The fourth-order valence-corrected chi connectivity index (χ4v) is 4.50. The van der Waals surface area contributed by atoms with Gasteiger partial charge in [-0.15, -0.1) is 11.3 Å². The molecule has 0 spiro atoms. The molecule has 10 heteroatoms. The fourth-order valence-electron chi connectivity index (χ4n) is 3.23. The highest BCUT2D eigenvalue weighted by molar-refractivity contribution is 7.17. The van der Waals surface area contributed by atoms with Crippen LogP contribution in [0.3, 0.4) is 0 Å². The maximum atomic E-state index is 12.3. The number of rotatable bonds is 6. The monoisotopic (exact) mass is 445 g/mol. The van der Waals surface area contributed by atoms with E-state index in [9.17, 15) is 19.5 Å². The van der Waals surface area contributed by atoms with Gasteiger partial charge in [0, 0.05) is 4.88 Å². The summed E-state index contributed by atoms with van der Waals surface area (Å²) in [6.07, 6.45) is 4.85. The molecule has 0 fully saturated rings. The van der Waals surface area contributed by atoms with Crippen molar-refractivity contribution in [2.75, 3.05) is 19.0 Å². The normalized spacial score (nSPS) is 12.8. The number of esters is 1. The van der Waals surface area contributed by atoms with Crippen LogP contribution in [0.25, 0.3) is 0 Å². The number of amides is 2. The number of carbonyl (C=O) groups excluding carboxylic acids is 3. The number of carbonyl (C=O) groups is 3. The Kier molecular flexibility index (Phi) is 7.24. The van der Waals surface area contributed by atoms with Gasteiger partial charge in [-0.05, 0) is 61.9 Å². The summed E-state index contributed by atoms with van der Waals surface area (Å²) in [5.41, 5.74) is 3.90. The van der Waals surface area contributed by atoms with Crippen LogP contribution in [0.15, 0.2) is 23.3 Å². The Morgan fingerprint density at radius 1 is 1.23 bits per heavy atom. The van der Waals surface area contributed by atoms with Crippen LogP contribution in [0.1, 0.15) is 46.1 Å². The standard InChI is InChI=1S/C21H23N3O6S/c1-3-30-15-10-12(8-9-14(15)25)11-22-24-19(27)18(26)23-20-17(21(28)29-2)13-6-4-5-7-16(13)31-20/h8-11,25H,3-7H2,1-2H3,(H,23,26)(H,24,27). The molecule has 0 atom stereocenters. The molecule has 0 radical (unpaired) electrons. The molecule has 2 aromatic rings. The lowest BCUT2D eigenvalue weighted by molar-refractivity contribution is -0.136. The Bertz CT molecular complexity index is 1030. The molecule has 3 N–H and O–H groups in total. The largest absolute Gasteiger partial charge is 0.504 e. The van der Waals surface area contributed by atoms with Crippen LogP contribution in [0.2, 0.25) is 0 Å². The van der Waals surface area contributed by atoms with Gasteiger partial charge in [-0.1, -0.05) is 0 Å². The third kappa shape index (κ3) is 5.21. The maximum Gasteiger partial charge on any atom is 0.341 e. The number of aryl methyl sites for hydroxylation is 1. The van der Waals surface area contributed by atoms with Crippen molar-refractivity contribution in [3.05, 3.63) is 39.8 Å². The number of fused-ring (bicyclic) bond motifs is 1. The Morgan fingerprint density at radius 3 is 2.74 bits per heavy atom. The third-order valence-corrected chi connectivity index (χ3v) is 5.86. The van der Waals surface area contributed by atoms with E-state index in [-0.39, 0.29) is 11.5 Å². The smallest absolute Gasteiger partial charge is 0.341 e. The zero-order valence-electron chi connectivity index (χ0n) is 17.2. The molecule has 1 aromatic heterocycles. The number of hydrogen-bond donors (Lipinski definition) is 3. The molecule has 0 unspecified atom stereocenters. The number of nitrogens with one attached hydrogen (secondary N) is 2. The number of anilines is 1. The highest BCUT2D eigenvalue weighted by Crippen LogP contribution is 2.38. The summed E-state index contributed by atoms with van der Waals surface area (Å²) in [6, 6.07) is 4.56. The van der Waals surface area contributed by atoms with E-state index in [2.05, 4.69) is 15.8 Å². The maximum absolute atomic E-state index is 12.3. The first-order chi connectivity index (χ1) is 14.9. The second-order valence-corrected chi connectivity index (χ2v) is 7.83. The first-order valence-corrected chi connectivity index (χ1v) is 10.6. The molecule has 2 amide bonds.